The Labute approximate surface area is 210 Å². The molecule has 3 aromatic rings. The van der Waals surface area contributed by atoms with E-state index in [9.17, 15) is 9.59 Å². The maximum absolute atomic E-state index is 12.3. The van der Waals surface area contributed by atoms with E-state index < -0.39 is 11.9 Å². The zero-order valence-electron chi connectivity index (χ0n) is 20.9. The van der Waals surface area contributed by atoms with Gasteiger partial charge in [-0.2, -0.15) is 0 Å². The van der Waals surface area contributed by atoms with Gasteiger partial charge in [0.25, 0.3) is 5.91 Å². The molecule has 0 saturated heterocycles. The number of carbonyl (C=O) groups excluding carboxylic acids is 2. The number of rotatable bonds is 12. The second-order valence-electron chi connectivity index (χ2n) is 8.08. The second kappa shape index (κ2) is 12.2. The molecular formula is C26H34N6O4. The minimum absolute atomic E-state index is 0.0633. The fourth-order valence-electron chi connectivity index (χ4n) is 3.95. The molecule has 2 aromatic carbocycles. The predicted molar refractivity (Wildman–Crippen MR) is 141 cm³/mol. The molecule has 0 saturated carbocycles. The number of anilines is 2. The number of benzene rings is 2. The van der Waals surface area contributed by atoms with E-state index in [4.69, 9.17) is 26.7 Å². The summed E-state index contributed by atoms with van der Waals surface area (Å²) >= 11 is 0. The predicted octanol–water partition coefficient (Wildman–Crippen LogP) is 2.34. The van der Waals surface area contributed by atoms with E-state index in [1.807, 2.05) is 39.0 Å². The molecule has 0 bridgehead atoms. The first kappa shape index (κ1) is 26.7. The zero-order chi connectivity index (χ0) is 26.2. The molecule has 0 aliphatic heterocycles. The Morgan fingerprint density at radius 2 is 1.78 bits per heavy atom. The van der Waals surface area contributed by atoms with Crippen molar-refractivity contribution in [3.63, 3.8) is 0 Å². The van der Waals surface area contributed by atoms with Crippen LogP contribution in [0.4, 0.5) is 11.4 Å². The molecule has 10 nitrogen and oxygen atoms in total. The van der Waals surface area contributed by atoms with Gasteiger partial charge in [-0.3, -0.25) is 14.6 Å². The van der Waals surface area contributed by atoms with Gasteiger partial charge in [0.2, 0.25) is 5.91 Å². The molecule has 1 atom stereocenters. The number of aromatic nitrogens is 1. The maximum atomic E-state index is 12.3. The Balaban J connectivity index is 2.09. The number of nitrogens with zero attached hydrogens (tertiary/aromatic N) is 1. The number of carbonyl (C=O) groups is 2. The molecule has 3 rings (SSSR count). The first-order chi connectivity index (χ1) is 17.3. The number of ether oxygens (including phenoxy) is 2. The molecule has 2 amide bonds. The zero-order valence-corrected chi connectivity index (χ0v) is 20.9. The molecule has 0 fully saturated rings. The van der Waals surface area contributed by atoms with Crippen molar-refractivity contribution in [1.29, 1.82) is 0 Å². The van der Waals surface area contributed by atoms with Crippen LogP contribution in [0.25, 0.3) is 10.9 Å². The number of amides is 2. The van der Waals surface area contributed by atoms with Crippen molar-refractivity contribution < 1.29 is 19.1 Å². The quantitative estimate of drug-likeness (QED) is 0.256. The number of hydrogen-bond acceptors (Lipinski definition) is 8. The van der Waals surface area contributed by atoms with Gasteiger partial charge in [0.05, 0.1) is 36.0 Å². The van der Waals surface area contributed by atoms with E-state index in [0.29, 0.717) is 47.7 Å². The highest BCUT2D eigenvalue weighted by atomic mass is 16.5. The van der Waals surface area contributed by atoms with Gasteiger partial charge in [0, 0.05) is 36.4 Å². The first-order valence-electron chi connectivity index (χ1n) is 12.0. The topological polar surface area (TPSA) is 168 Å². The number of pyridine rings is 1. The lowest BCUT2D eigenvalue weighted by atomic mass is 10.0. The Bertz CT molecular complexity index is 1250. The fourth-order valence-corrected chi connectivity index (χ4v) is 3.95. The first-order valence-corrected chi connectivity index (χ1v) is 12.0. The van der Waals surface area contributed by atoms with Crippen molar-refractivity contribution in [2.45, 2.75) is 39.8 Å². The number of fused-ring (bicyclic) bond motifs is 1. The number of hydrogen-bond donors (Lipinski definition) is 5. The van der Waals surface area contributed by atoms with Crippen molar-refractivity contribution in [3.05, 3.63) is 53.2 Å². The summed E-state index contributed by atoms with van der Waals surface area (Å²) in [4.78, 5) is 28.9. The van der Waals surface area contributed by atoms with Crippen LogP contribution >= 0.6 is 0 Å². The van der Waals surface area contributed by atoms with Crippen molar-refractivity contribution in [3.8, 4) is 11.5 Å². The van der Waals surface area contributed by atoms with Crippen LogP contribution in [0.3, 0.4) is 0 Å². The van der Waals surface area contributed by atoms with Crippen LogP contribution in [-0.2, 0) is 17.8 Å². The Morgan fingerprint density at radius 1 is 1.08 bits per heavy atom. The molecule has 0 aliphatic rings. The Morgan fingerprint density at radius 3 is 2.39 bits per heavy atom. The van der Waals surface area contributed by atoms with Crippen LogP contribution in [0, 0.1) is 0 Å². The molecule has 0 spiro atoms. The summed E-state index contributed by atoms with van der Waals surface area (Å²) in [5.41, 5.74) is 20.9. The molecule has 1 heterocycles. The van der Waals surface area contributed by atoms with E-state index in [0.717, 1.165) is 16.8 Å². The Hall–Kier alpha value is -3.89. The third-order valence-corrected chi connectivity index (χ3v) is 5.73. The van der Waals surface area contributed by atoms with Crippen molar-refractivity contribution in [2.24, 2.45) is 17.2 Å². The molecular weight excluding hydrogens is 460 g/mol. The SMILES string of the molecule is CCOc1cc2ncc(C(N)=O)c(Nc3cccc(CNC(=O)[C@@H](N)CN)c3CC)c2cc1OCC. The van der Waals surface area contributed by atoms with Crippen LogP contribution in [0.5, 0.6) is 11.5 Å². The number of primary amides is 1. The monoisotopic (exact) mass is 494 g/mol. The summed E-state index contributed by atoms with van der Waals surface area (Å²) in [7, 11) is 0. The van der Waals surface area contributed by atoms with Gasteiger partial charge in [-0.1, -0.05) is 19.1 Å². The lowest BCUT2D eigenvalue weighted by molar-refractivity contribution is -0.122. The third-order valence-electron chi connectivity index (χ3n) is 5.73. The summed E-state index contributed by atoms with van der Waals surface area (Å²) in [6, 6.07) is 8.53. The van der Waals surface area contributed by atoms with Crippen LogP contribution in [0.2, 0.25) is 0 Å². The summed E-state index contributed by atoms with van der Waals surface area (Å²) < 4.78 is 11.5. The van der Waals surface area contributed by atoms with Gasteiger partial charge in [-0.05, 0) is 43.5 Å². The smallest absolute Gasteiger partial charge is 0.252 e. The molecule has 0 aliphatic carbocycles. The summed E-state index contributed by atoms with van der Waals surface area (Å²) in [5, 5.41) is 6.89. The minimum atomic E-state index is -0.765. The summed E-state index contributed by atoms with van der Waals surface area (Å²) in [6.07, 6.45) is 2.12. The normalized spacial score (nSPS) is 11.7. The lowest BCUT2D eigenvalue weighted by Gasteiger charge is -2.20. The number of nitrogens with two attached hydrogens (primary N) is 3. The van der Waals surface area contributed by atoms with Gasteiger partial charge in [0.15, 0.2) is 11.5 Å². The minimum Gasteiger partial charge on any atom is -0.490 e. The summed E-state index contributed by atoms with van der Waals surface area (Å²) in [6.45, 7) is 7.05. The number of nitrogens with one attached hydrogen (secondary N) is 2. The average molecular weight is 495 g/mol. The largest absolute Gasteiger partial charge is 0.490 e. The highest BCUT2D eigenvalue weighted by Gasteiger charge is 2.19. The maximum Gasteiger partial charge on any atom is 0.252 e. The van der Waals surface area contributed by atoms with E-state index >= 15 is 0 Å². The van der Waals surface area contributed by atoms with Crippen molar-refractivity contribution in [1.82, 2.24) is 10.3 Å². The van der Waals surface area contributed by atoms with Crippen molar-refractivity contribution >= 4 is 34.1 Å². The highest BCUT2D eigenvalue weighted by molar-refractivity contribution is 6.08. The van der Waals surface area contributed by atoms with Crippen molar-refractivity contribution in [2.75, 3.05) is 25.1 Å². The van der Waals surface area contributed by atoms with E-state index in [2.05, 4.69) is 15.6 Å². The molecule has 0 radical (unpaired) electrons. The van der Waals surface area contributed by atoms with Gasteiger partial charge in [0.1, 0.15) is 0 Å². The third kappa shape index (κ3) is 5.84. The lowest BCUT2D eigenvalue weighted by Crippen LogP contribution is -2.45. The summed E-state index contributed by atoms with van der Waals surface area (Å²) in [5.74, 6) is 0.181. The van der Waals surface area contributed by atoms with Crippen LogP contribution in [-0.4, -0.2) is 42.6 Å². The van der Waals surface area contributed by atoms with Crippen LogP contribution in [0.1, 0.15) is 42.3 Å². The molecule has 0 unspecified atom stereocenters. The molecule has 8 N–H and O–H groups in total. The van der Waals surface area contributed by atoms with E-state index in [1.54, 1.807) is 12.1 Å². The Kier molecular flexibility index (Phi) is 9.04. The molecule has 36 heavy (non-hydrogen) atoms. The second-order valence-corrected chi connectivity index (χ2v) is 8.08. The van der Waals surface area contributed by atoms with E-state index in [1.165, 1.54) is 6.20 Å². The average Bonchev–Trinajstić information content (AvgIpc) is 2.87. The standard InChI is InChI=1S/C26H34N6O4/c1-4-16-15(13-31-26(34)19(28)12-27)8-7-9-20(16)32-24-17-10-22(35-5-2)23(36-6-3)11-21(17)30-14-18(24)25(29)33/h7-11,14,19H,4-6,12-13,27-28H2,1-3H3,(H2,29,33)(H,30,32)(H,31,34)/t19-/m0/s1. The molecule has 1 aromatic heterocycles. The van der Waals surface area contributed by atoms with Gasteiger partial charge >= 0.3 is 0 Å². The van der Waals surface area contributed by atoms with Gasteiger partial charge in [-0.15, -0.1) is 0 Å². The van der Waals surface area contributed by atoms with Crippen LogP contribution in [0.15, 0.2) is 36.5 Å². The molecule has 10 heteroatoms. The van der Waals surface area contributed by atoms with Crippen LogP contribution < -0.4 is 37.3 Å². The van der Waals surface area contributed by atoms with Gasteiger partial charge < -0.3 is 37.3 Å². The van der Waals surface area contributed by atoms with Gasteiger partial charge in [-0.25, -0.2) is 0 Å². The highest BCUT2D eigenvalue weighted by Crippen LogP contribution is 2.38. The fraction of sp³-hybridized carbons (Fsp3) is 0.346. The molecule has 192 valence electrons. The van der Waals surface area contributed by atoms with E-state index in [-0.39, 0.29) is 24.6 Å².